The van der Waals surface area contributed by atoms with Gasteiger partial charge in [0, 0.05) is 24.9 Å². The van der Waals surface area contributed by atoms with E-state index in [0.29, 0.717) is 19.6 Å². The average molecular weight is 311 g/mol. The first-order chi connectivity index (χ1) is 10.7. The molecule has 1 N–H and O–H groups in total. The summed E-state index contributed by atoms with van der Waals surface area (Å²) < 4.78 is 0. The summed E-state index contributed by atoms with van der Waals surface area (Å²) in [7, 11) is 0. The molecule has 1 aliphatic heterocycles. The third-order valence-corrected chi connectivity index (χ3v) is 5.08. The molecule has 2 heterocycles. The fourth-order valence-corrected chi connectivity index (χ4v) is 3.90. The third kappa shape index (κ3) is 2.83. The van der Waals surface area contributed by atoms with Crippen LogP contribution in [0.5, 0.6) is 0 Å². The van der Waals surface area contributed by atoms with Crippen molar-refractivity contribution in [1.82, 2.24) is 4.90 Å². The van der Waals surface area contributed by atoms with E-state index in [4.69, 9.17) is 0 Å². The van der Waals surface area contributed by atoms with Crippen LogP contribution in [-0.2, 0) is 24.3 Å². The molecule has 3 rings (SSSR count). The number of hydrogen-bond acceptors (Lipinski definition) is 4. The number of rotatable bonds is 3. The van der Waals surface area contributed by atoms with Crippen LogP contribution >= 0.6 is 11.3 Å². The molecule has 0 spiro atoms. The molecular weight excluding hydrogens is 294 g/mol. The molecule has 2 aromatic rings. The molecule has 0 saturated heterocycles. The second-order valence-electron chi connectivity index (χ2n) is 5.35. The zero-order chi connectivity index (χ0) is 15.5. The number of hydrogen-bond donors (Lipinski definition) is 1. The van der Waals surface area contributed by atoms with Crippen molar-refractivity contribution < 1.29 is 4.79 Å². The van der Waals surface area contributed by atoms with Gasteiger partial charge in [0.2, 0.25) is 5.91 Å². The minimum absolute atomic E-state index is 0.0938. The lowest BCUT2D eigenvalue weighted by Gasteiger charge is -2.25. The predicted octanol–water partition coefficient (Wildman–Crippen LogP) is 3.14. The van der Waals surface area contributed by atoms with E-state index in [9.17, 15) is 10.1 Å². The molecule has 0 radical (unpaired) electrons. The van der Waals surface area contributed by atoms with Gasteiger partial charge in [-0.3, -0.25) is 4.79 Å². The minimum Gasteiger partial charge on any atom is -0.372 e. The Balaban J connectivity index is 1.81. The highest BCUT2D eigenvalue weighted by Crippen LogP contribution is 2.36. The van der Waals surface area contributed by atoms with Gasteiger partial charge in [0.1, 0.15) is 11.1 Å². The van der Waals surface area contributed by atoms with Gasteiger partial charge in [-0.1, -0.05) is 30.3 Å². The highest BCUT2D eigenvalue weighted by Gasteiger charge is 2.25. The van der Waals surface area contributed by atoms with Crippen LogP contribution in [0.15, 0.2) is 30.3 Å². The van der Waals surface area contributed by atoms with Gasteiger partial charge in [0.05, 0.1) is 12.1 Å². The summed E-state index contributed by atoms with van der Waals surface area (Å²) in [6.45, 7) is 3.62. The van der Waals surface area contributed by atoms with Crippen molar-refractivity contribution in [3.05, 3.63) is 51.9 Å². The van der Waals surface area contributed by atoms with E-state index in [1.807, 2.05) is 23.1 Å². The van der Waals surface area contributed by atoms with Crippen LogP contribution in [0.4, 0.5) is 5.00 Å². The van der Waals surface area contributed by atoms with Crippen molar-refractivity contribution >= 4 is 22.2 Å². The van der Waals surface area contributed by atoms with E-state index in [1.165, 1.54) is 5.56 Å². The number of thiophene rings is 1. The normalized spacial score (nSPS) is 13.4. The van der Waals surface area contributed by atoms with Gasteiger partial charge >= 0.3 is 0 Å². The number of anilines is 1. The van der Waals surface area contributed by atoms with E-state index < -0.39 is 0 Å². The maximum absolute atomic E-state index is 11.5. The molecule has 0 saturated carbocycles. The monoisotopic (exact) mass is 311 g/mol. The van der Waals surface area contributed by atoms with Crippen LogP contribution in [0.25, 0.3) is 0 Å². The summed E-state index contributed by atoms with van der Waals surface area (Å²) in [6, 6.07) is 12.5. The molecule has 22 heavy (non-hydrogen) atoms. The van der Waals surface area contributed by atoms with E-state index in [1.54, 1.807) is 18.3 Å². The quantitative estimate of drug-likeness (QED) is 0.947. The first-order valence-electron chi connectivity index (χ1n) is 7.27. The number of amides is 1. The summed E-state index contributed by atoms with van der Waals surface area (Å²) in [5.41, 5.74) is 3.04. The zero-order valence-corrected chi connectivity index (χ0v) is 13.2. The number of nitrogens with one attached hydrogen (secondary N) is 1. The average Bonchev–Trinajstić information content (AvgIpc) is 2.90. The Morgan fingerprint density at radius 2 is 2.18 bits per heavy atom. The van der Waals surface area contributed by atoms with Crippen molar-refractivity contribution in [3.8, 4) is 6.07 Å². The van der Waals surface area contributed by atoms with Crippen LogP contribution in [0.2, 0.25) is 0 Å². The van der Waals surface area contributed by atoms with Crippen molar-refractivity contribution in [3.63, 3.8) is 0 Å². The maximum Gasteiger partial charge on any atom is 0.219 e. The molecule has 0 bridgehead atoms. The standard InChI is InChI=1S/C17H17N3OS/c1-12(21)20-8-7-14-15(9-18)17(22-16(14)11-20)19-10-13-5-3-2-4-6-13/h2-6,19H,7-8,10-11H2,1H3. The SMILES string of the molecule is CC(=O)N1CCc2c(sc(NCc3ccccc3)c2C#N)C1. The molecule has 112 valence electrons. The lowest BCUT2D eigenvalue weighted by atomic mass is 10.0. The highest BCUT2D eigenvalue weighted by molar-refractivity contribution is 7.16. The number of fused-ring (bicyclic) bond motifs is 1. The fraction of sp³-hybridized carbons (Fsp3) is 0.294. The molecule has 1 aromatic carbocycles. The van der Waals surface area contributed by atoms with Crippen LogP contribution in [0.3, 0.4) is 0 Å². The van der Waals surface area contributed by atoms with Gasteiger partial charge in [-0.2, -0.15) is 5.26 Å². The fourth-order valence-electron chi connectivity index (χ4n) is 2.69. The lowest BCUT2D eigenvalue weighted by molar-refractivity contribution is -0.129. The van der Waals surface area contributed by atoms with Crippen molar-refractivity contribution in [2.45, 2.75) is 26.4 Å². The van der Waals surface area contributed by atoms with Crippen molar-refractivity contribution in [1.29, 1.82) is 5.26 Å². The topological polar surface area (TPSA) is 56.1 Å². The van der Waals surface area contributed by atoms with E-state index in [-0.39, 0.29) is 5.91 Å². The number of benzene rings is 1. The molecule has 5 heteroatoms. The molecule has 1 aliphatic rings. The van der Waals surface area contributed by atoms with Crippen LogP contribution in [0.1, 0.15) is 28.5 Å². The van der Waals surface area contributed by atoms with Crippen LogP contribution in [-0.4, -0.2) is 17.4 Å². The summed E-state index contributed by atoms with van der Waals surface area (Å²) in [5, 5.41) is 13.8. The Morgan fingerprint density at radius 3 is 2.86 bits per heavy atom. The molecule has 0 atom stereocenters. The Morgan fingerprint density at radius 1 is 1.41 bits per heavy atom. The maximum atomic E-state index is 11.5. The summed E-state index contributed by atoms with van der Waals surface area (Å²) >= 11 is 1.60. The molecular formula is C17H17N3OS. The Kier molecular flexibility index (Phi) is 4.12. The number of nitrogens with zero attached hydrogens (tertiary/aromatic N) is 2. The van der Waals surface area contributed by atoms with E-state index in [0.717, 1.165) is 27.4 Å². The number of carbonyl (C=O) groups excluding carboxylic acids is 1. The van der Waals surface area contributed by atoms with Gasteiger partial charge in [-0.15, -0.1) is 11.3 Å². The second kappa shape index (κ2) is 6.20. The molecule has 0 fully saturated rings. The number of carbonyl (C=O) groups is 1. The van der Waals surface area contributed by atoms with Crippen LogP contribution in [0, 0.1) is 11.3 Å². The van der Waals surface area contributed by atoms with Gasteiger partial charge in [0.15, 0.2) is 0 Å². The van der Waals surface area contributed by atoms with Crippen LogP contribution < -0.4 is 5.32 Å². The van der Waals surface area contributed by atoms with Gasteiger partial charge < -0.3 is 10.2 Å². The highest BCUT2D eigenvalue weighted by atomic mass is 32.1. The Hall–Kier alpha value is -2.32. The van der Waals surface area contributed by atoms with Crippen molar-refractivity contribution in [2.75, 3.05) is 11.9 Å². The Bertz CT molecular complexity index is 730. The predicted molar refractivity (Wildman–Crippen MR) is 87.6 cm³/mol. The summed E-state index contributed by atoms with van der Waals surface area (Å²) in [4.78, 5) is 14.5. The number of nitriles is 1. The smallest absolute Gasteiger partial charge is 0.219 e. The second-order valence-corrected chi connectivity index (χ2v) is 6.45. The van der Waals surface area contributed by atoms with Gasteiger partial charge in [0.25, 0.3) is 0 Å². The zero-order valence-electron chi connectivity index (χ0n) is 12.4. The van der Waals surface area contributed by atoms with Gasteiger partial charge in [-0.25, -0.2) is 0 Å². The first-order valence-corrected chi connectivity index (χ1v) is 8.08. The molecule has 1 amide bonds. The molecule has 1 aromatic heterocycles. The molecule has 0 unspecified atom stereocenters. The van der Waals surface area contributed by atoms with E-state index in [2.05, 4.69) is 23.5 Å². The lowest BCUT2D eigenvalue weighted by Crippen LogP contribution is -2.33. The summed E-state index contributed by atoms with van der Waals surface area (Å²) in [6.07, 6.45) is 0.765. The Labute approximate surface area is 134 Å². The summed E-state index contributed by atoms with van der Waals surface area (Å²) in [5.74, 6) is 0.0938. The third-order valence-electron chi connectivity index (χ3n) is 3.91. The van der Waals surface area contributed by atoms with E-state index >= 15 is 0 Å². The first kappa shape index (κ1) is 14.6. The van der Waals surface area contributed by atoms with Gasteiger partial charge in [-0.05, 0) is 17.5 Å². The molecule has 4 nitrogen and oxygen atoms in total. The van der Waals surface area contributed by atoms with Crippen molar-refractivity contribution in [2.24, 2.45) is 0 Å². The molecule has 0 aliphatic carbocycles. The largest absolute Gasteiger partial charge is 0.372 e. The minimum atomic E-state index is 0.0938.